The number of primary amides is 1. The first-order valence-electron chi connectivity index (χ1n) is 3.69. The smallest absolute Gasteiger partial charge is 0.281 e. The number of amides is 1. The highest BCUT2D eigenvalue weighted by molar-refractivity contribution is 5.94. The predicted octanol–water partition coefficient (Wildman–Crippen LogP) is 0.695. The number of nitrogens with zero attached hydrogens (tertiary/aromatic N) is 2. The maximum absolute atomic E-state index is 12.4. The lowest BCUT2D eigenvalue weighted by molar-refractivity contribution is 0.0982. The number of halogens is 2. The van der Waals surface area contributed by atoms with Gasteiger partial charge in [0.15, 0.2) is 11.4 Å². The fourth-order valence-electron chi connectivity index (χ4n) is 0.963. The van der Waals surface area contributed by atoms with E-state index in [-0.39, 0.29) is 0 Å². The van der Waals surface area contributed by atoms with Gasteiger partial charge in [0.1, 0.15) is 11.8 Å². The molecule has 0 unspecified atom stereocenters. The number of pyridine rings is 1. The third kappa shape index (κ3) is 1.99. The second-order valence-corrected chi connectivity index (χ2v) is 2.57. The molecule has 0 saturated carbocycles. The van der Waals surface area contributed by atoms with Gasteiger partial charge in [-0.3, -0.25) is 4.79 Å². The zero-order valence-electron chi connectivity index (χ0n) is 7.24. The molecule has 0 aliphatic heterocycles. The van der Waals surface area contributed by atoms with Crippen molar-refractivity contribution in [2.24, 2.45) is 5.73 Å². The van der Waals surface area contributed by atoms with Gasteiger partial charge in [0.25, 0.3) is 12.3 Å². The molecule has 0 aliphatic rings. The second-order valence-electron chi connectivity index (χ2n) is 2.57. The van der Waals surface area contributed by atoms with Crippen LogP contribution in [0.5, 0.6) is 5.75 Å². The molecule has 0 aromatic carbocycles. The van der Waals surface area contributed by atoms with Gasteiger partial charge in [0.05, 0.1) is 5.56 Å². The van der Waals surface area contributed by atoms with Crippen molar-refractivity contribution in [1.82, 2.24) is 4.98 Å². The number of nitrogens with two attached hydrogens (primary N) is 1. The van der Waals surface area contributed by atoms with Crippen molar-refractivity contribution in [2.75, 3.05) is 0 Å². The van der Waals surface area contributed by atoms with Gasteiger partial charge in [-0.25, -0.2) is 13.8 Å². The Morgan fingerprint density at radius 1 is 1.67 bits per heavy atom. The first-order chi connectivity index (χ1) is 6.97. The number of hydrogen-bond donors (Lipinski definition) is 2. The van der Waals surface area contributed by atoms with Crippen molar-refractivity contribution in [3.8, 4) is 11.8 Å². The van der Waals surface area contributed by atoms with Crippen LogP contribution in [-0.2, 0) is 0 Å². The van der Waals surface area contributed by atoms with Crippen LogP contribution in [0, 0.1) is 11.3 Å². The highest BCUT2D eigenvalue weighted by atomic mass is 19.3. The Morgan fingerprint density at radius 2 is 2.27 bits per heavy atom. The molecule has 0 atom stereocenters. The number of aromatic nitrogens is 1. The van der Waals surface area contributed by atoms with Crippen LogP contribution in [0.2, 0.25) is 0 Å². The minimum atomic E-state index is -3.04. The van der Waals surface area contributed by atoms with E-state index in [0.717, 1.165) is 0 Å². The summed E-state index contributed by atoms with van der Waals surface area (Å²) >= 11 is 0. The summed E-state index contributed by atoms with van der Waals surface area (Å²) in [4.78, 5) is 13.9. The fourth-order valence-corrected chi connectivity index (χ4v) is 0.963. The number of aromatic hydroxyl groups is 1. The van der Waals surface area contributed by atoms with Crippen LogP contribution in [0.4, 0.5) is 8.78 Å². The largest absolute Gasteiger partial charge is 0.505 e. The molecule has 0 radical (unpaired) electrons. The molecule has 3 N–H and O–H groups in total. The number of alkyl halides is 2. The van der Waals surface area contributed by atoms with E-state index in [1.54, 1.807) is 0 Å². The minimum Gasteiger partial charge on any atom is -0.505 e. The molecule has 1 rings (SSSR count). The van der Waals surface area contributed by atoms with E-state index >= 15 is 0 Å². The molecule has 78 valence electrons. The van der Waals surface area contributed by atoms with E-state index < -0.39 is 35.0 Å². The van der Waals surface area contributed by atoms with Gasteiger partial charge in [-0.1, -0.05) is 0 Å². The first-order valence-corrected chi connectivity index (χ1v) is 3.69. The Balaban J connectivity index is 3.47. The quantitative estimate of drug-likeness (QED) is 0.754. The number of nitriles is 1. The van der Waals surface area contributed by atoms with Crippen LogP contribution < -0.4 is 5.73 Å². The Bertz CT molecular complexity index is 454. The Labute approximate surface area is 82.8 Å². The average Bonchev–Trinajstić information content (AvgIpc) is 2.16. The van der Waals surface area contributed by atoms with Crippen molar-refractivity contribution < 1.29 is 18.7 Å². The molecule has 0 aliphatic carbocycles. The van der Waals surface area contributed by atoms with Crippen LogP contribution in [0.15, 0.2) is 6.07 Å². The van der Waals surface area contributed by atoms with Gasteiger partial charge < -0.3 is 10.8 Å². The molecule has 0 spiro atoms. The number of hydrogen-bond acceptors (Lipinski definition) is 4. The molecule has 1 aromatic heterocycles. The second kappa shape index (κ2) is 3.88. The highest BCUT2D eigenvalue weighted by Crippen LogP contribution is 2.25. The predicted molar refractivity (Wildman–Crippen MR) is 44.1 cm³/mol. The van der Waals surface area contributed by atoms with Crippen molar-refractivity contribution in [3.63, 3.8) is 0 Å². The molecule has 5 nitrogen and oxygen atoms in total. The summed E-state index contributed by atoms with van der Waals surface area (Å²) in [5.41, 5.74) is 2.73. The standard InChI is InChI=1S/C8H5F2N3O2/c9-7(10)6-3(8(12)15)1-5(14)4(2-11)13-6/h1,7,14H,(H2,12,15). The van der Waals surface area contributed by atoms with Crippen molar-refractivity contribution in [3.05, 3.63) is 23.0 Å². The van der Waals surface area contributed by atoms with Gasteiger partial charge in [-0.2, -0.15) is 5.26 Å². The minimum absolute atomic E-state index is 0.574. The van der Waals surface area contributed by atoms with Crippen molar-refractivity contribution in [2.45, 2.75) is 6.43 Å². The summed E-state index contributed by atoms with van der Waals surface area (Å²) in [6.45, 7) is 0. The third-order valence-electron chi connectivity index (χ3n) is 1.61. The maximum atomic E-state index is 12.4. The molecule has 0 bridgehead atoms. The fraction of sp³-hybridized carbons (Fsp3) is 0.125. The van der Waals surface area contributed by atoms with Gasteiger partial charge in [-0.05, 0) is 6.07 Å². The summed E-state index contributed by atoms with van der Waals surface area (Å²) in [6, 6.07) is 2.11. The van der Waals surface area contributed by atoms with Gasteiger partial charge in [0.2, 0.25) is 0 Å². The lowest BCUT2D eigenvalue weighted by Crippen LogP contribution is -2.15. The van der Waals surface area contributed by atoms with Crippen LogP contribution in [0.25, 0.3) is 0 Å². The van der Waals surface area contributed by atoms with Crippen molar-refractivity contribution >= 4 is 5.91 Å². The maximum Gasteiger partial charge on any atom is 0.281 e. The van der Waals surface area contributed by atoms with Crippen LogP contribution in [-0.4, -0.2) is 16.0 Å². The van der Waals surface area contributed by atoms with Crippen LogP contribution >= 0.6 is 0 Å². The first kappa shape index (κ1) is 10.8. The number of rotatable bonds is 2. The van der Waals surface area contributed by atoms with Gasteiger partial charge >= 0.3 is 0 Å². The highest BCUT2D eigenvalue weighted by Gasteiger charge is 2.21. The molecule has 1 heterocycles. The topological polar surface area (TPSA) is 100 Å². The number of carbonyl (C=O) groups is 1. The summed E-state index contributed by atoms with van der Waals surface area (Å²) in [5.74, 6) is -1.80. The monoisotopic (exact) mass is 213 g/mol. The molecule has 0 saturated heterocycles. The third-order valence-corrected chi connectivity index (χ3v) is 1.61. The molecular formula is C8H5F2N3O2. The lowest BCUT2D eigenvalue weighted by Gasteiger charge is -2.06. The summed E-state index contributed by atoms with van der Waals surface area (Å²) in [6.07, 6.45) is -3.04. The SMILES string of the molecule is N#Cc1nc(C(F)F)c(C(N)=O)cc1O. The summed E-state index contributed by atoms with van der Waals surface area (Å²) < 4.78 is 24.7. The molecule has 7 heteroatoms. The van der Waals surface area contributed by atoms with E-state index in [1.807, 2.05) is 0 Å². The summed E-state index contributed by atoms with van der Waals surface area (Å²) in [7, 11) is 0. The van der Waals surface area contributed by atoms with E-state index in [0.29, 0.717) is 6.07 Å². The van der Waals surface area contributed by atoms with Crippen LogP contribution in [0.3, 0.4) is 0 Å². The average molecular weight is 213 g/mol. The van der Waals surface area contributed by atoms with Crippen molar-refractivity contribution in [1.29, 1.82) is 5.26 Å². The zero-order chi connectivity index (χ0) is 11.6. The molecule has 15 heavy (non-hydrogen) atoms. The van der Waals surface area contributed by atoms with E-state index in [9.17, 15) is 13.6 Å². The van der Waals surface area contributed by atoms with Gasteiger partial charge in [-0.15, -0.1) is 0 Å². The zero-order valence-corrected chi connectivity index (χ0v) is 7.24. The van der Waals surface area contributed by atoms with E-state index in [2.05, 4.69) is 4.98 Å². The normalized spacial score (nSPS) is 10.0. The van der Waals surface area contributed by atoms with E-state index in [1.165, 1.54) is 6.07 Å². The van der Waals surface area contributed by atoms with Gasteiger partial charge in [0, 0.05) is 0 Å². The Morgan fingerprint density at radius 3 is 2.67 bits per heavy atom. The Hall–Kier alpha value is -2.23. The van der Waals surface area contributed by atoms with E-state index in [4.69, 9.17) is 16.1 Å². The summed E-state index contributed by atoms with van der Waals surface area (Å²) in [5, 5.41) is 17.5. The Kier molecular flexibility index (Phi) is 2.80. The molecule has 1 aromatic rings. The molecule has 0 fully saturated rings. The lowest BCUT2D eigenvalue weighted by atomic mass is 10.1. The number of carbonyl (C=O) groups excluding carboxylic acids is 1. The molecule has 1 amide bonds. The van der Waals surface area contributed by atoms with Crippen LogP contribution in [0.1, 0.15) is 28.2 Å². The molecular weight excluding hydrogens is 208 g/mol.